The van der Waals surface area contributed by atoms with Crippen molar-refractivity contribution in [2.75, 3.05) is 6.61 Å². The Morgan fingerprint density at radius 1 is 1.39 bits per heavy atom. The van der Waals surface area contributed by atoms with Gasteiger partial charge in [-0.2, -0.15) is 5.10 Å². The van der Waals surface area contributed by atoms with Crippen molar-refractivity contribution >= 4 is 27.9 Å². The van der Waals surface area contributed by atoms with Crippen LogP contribution in [0.2, 0.25) is 0 Å². The minimum absolute atomic E-state index is 0.0216. The lowest BCUT2D eigenvalue weighted by molar-refractivity contribution is 0.280. The number of rotatable bonds is 5. The molecule has 0 unspecified atom stereocenters. The molecule has 3 aromatic rings. The van der Waals surface area contributed by atoms with Gasteiger partial charge in [0.15, 0.2) is 0 Å². The van der Waals surface area contributed by atoms with Gasteiger partial charge in [-0.05, 0) is 36.6 Å². The van der Waals surface area contributed by atoms with Gasteiger partial charge in [0.05, 0.1) is 22.9 Å². The first-order chi connectivity index (χ1) is 11.2. The van der Waals surface area contributed by atoms with E-state index in [1.54, 1.807) is 4.57 Å². The Kier molecular flexibility index (Phi) is 4.16. The van der Waals surface area contributed by atoms with Crippen molar-refractivity contribution in [1.29, 1.82) is 0 Å². The Balaban J connectivity index is 2.43. The zero-order valence-corrected chi connectivity index (χ0v) is 12.9. The number of fused-ring (bicyclic) bond motifs is 3. The molecule has 0 spiro atoms. The zero-order chi connectivity index (χ0) is 16.4. The lowest BCUT2D eigenvalue weighted by atomic mass is 10.1. The molecule has 0 saturated carbocycles. The van der Waals surface area contributed by atoms with Crippen LogP contribution in [-0.2, 0) is 13.0 Å². The fraction of sp³-hybridized carbons (Fsp3) is 0.294. The second kappa shape index (κ2) is 6.26. The summed E-state index contributed by atoms with van der Waals surface area (Å²) in [5.74, 6) is 0. The Morgan fingerprint density at radius 2 is 2.22 bits per heavy atom. The van der Waals surface area contributed by atoms with E-state index in [0.29, 0.717) is 29.6 Å². The van der Waals surface area contributed by atoms with Crippen LogP contribution in [0.4, 0.5) is 0 Å². The molecule has 0 aliphatic carbocycles. The number of hydrogen-bond donors (Lipinski definition) is 3. The van der Waals surface area contributed by atoms with Crippen LogP contribution in [0.25, 0.3) is 27.9 Å². The number of aliphatic hydroxyl groups is 2. The van der Waals surface area contributed by atoms with Gasteiger partial charge in [0.2, 0.25) is 0 Å². The molecule has 6 nitrogen and oxygen atoms in total. The molecule has 2 aromatic heterocycles. The summed E-state index contributed by atoms with van der Waals surface area (Å²) >= 11 is 0. The third kappa shape index (κ3) is 2.51. The molecule has 3 rings (SSSR count). The van der Waals surface area contributed by atoms with Crippen molar-refractivity contribution in [2.24, 2.45) is 0 Å². The van der Waals surface area contributed by atoms with Crippen molar-refractivity contribution in [2.45, 2.75) is 26.3 Å². The third-order valence-electron chi connectivity index (χ3n) is 4.05. The van der Waals surface area contributed by atoms with Crippen LogP contribution < -0.4 is 5.56 Å². The molecule has 23 heavy (non-hydrogen) atoms. The average molecular weight is 313 g/mol. The quantitative estimate of drug-likeness (QED) is 0.631. The van der Waals surface area contributed by atoms with Crippen molar-refractivity contribution in [3.63, 3.8) is 0 Å². The van der Waals surface area contributed by atoms with Gasteiger partial charge < -0.3 is 14.8 Å². The SMILES string of the molecule is CCc1ccc2c(c1)c1n[nH]c(/C=C/O)c1c(=O)n2CCCO. The zero-order valence-electron chi connectivity index (χ0n) is 12.9. The molecule has 0 aliphatic rings. The molecule has 6 heteroatoms. The minimum atomic E-state index is -0.174. The number of nitrogens with one attached hydrogen (secondary N) is 1. The number of aromatic nitrogens is 3. The molecule has 2 heterocycles. The summed E-state index contributed by atoms with van der Waals surface area (Å²) in [5.41, 5.74) is 2.88. The number of aliphatic hydroxyl groups excluding tert-OH is 2. The second-order valence-corrected chi connectivity index (χ2v) is 5.42. The van der Waals surface area contributed by atoms with E-state index in [0.717, 1.165) is 29.1 Å². The smallest absolute Gasteiger partial charge is 0.262 e. The lowest BCUT2D eigenvalue weighted by Crippen LogP contribution is -2.21. The first-order valence-electron chi connectivity index (χ1n) is 7.66. The predicted octanol–water partition coefficient (Wildman–Crippen LogP) is 2.35. The minimum Gasteiger partial charge on any atom is -0.516 e. The highest BCUT2D eigenvalue weighted by Gasteiger charge is 2.16. The molecule has 0 saturated heterocycles. The third-order valence-corrected chi connectivity index (χ3v) is 4.05. The first kappa shape index (κ1) is 15.3. The summed E-state index contributed by atoms with van der Waals surface area (Å²) in [6.07, 6.45) is 3.69. The van der Waals surface area contributed by atoms with Crippen LogP contribution in [0.5, 0.6) is 0 Å². The molecule has 3 N–H and O–H groups in total. The molecule has 1 aromatic carbocycles. The molecular weight excluding hydrogens is 294 g/mol. The van der Waals surface area contributed by atoms with Crippen LogP contribution in [0.15, 0.2) is 29.3 Å². The van der Waals surface area contributed by atoms with Crippen molar-refractivity contribution in [1.82, 2.24) is 14.8 Å². The van der Waals surface area contributed by atoms with Gasteiger partial charge in [-0.1, -0.05) is 13.0 Å². The Bertz CT molecular complexity index is 938. The van der Waals surface area contributed by atoms with Crippen LogP contribution in [-0.4, -0.2) is 31.6 Å². The van der Waals surface area contributed by atoms with Gasteiger partial charge in [-0.25, -0.2) is 0 Å². The number of benzene rings is 1. The molecule has 0 radical (unpaired) electrons. The predicted molar refractivity (Wildman–Crippen MR) is 90.6 cm³/mol. The van der Waals surface area contributed by atoms with Gasteiger partial charge in [-0.3, -0.25) is 9.89 Å². The molecule has 120 valence electrons. The van der Waals surface area contributed by atoms with Crippen LogP contribution in [0.1, 0.15) is 24.6 Å². The number of H-pyrrole nitrogens is 1. The summed E-state index contributed by atoms with van der Waals surface area (Å²) < 4.78 is 1.66. The van der Waals surface area contributed by atoms with E-state index in [2.05, 4.69) is 17.1 Å². The number of hydrogen-bond acceptors (Lipinski definition) is 4. The highest BCUT2D eigenvalue weighted by Crippen LogP contribution is 2.25. The molecule has 0 bridgehead atoms. The summed E-state index contributed by atoms with van der Waals surface area (Å²) in [7, 11) is 0. The van der Waals surface area contributed by atoms with Gasteiger partial charge >= 0.3 is 0 Å². The van der Waals surface area contributed by atoms with Crippen molar-refractivity contribution in [3.05, 3.63) is 46.1 Å². The number of aryl methyl sites for hydroxylation is 2. The summed E-state index contributed by atoms with van der Waals surface area (Å²) in [5, 5.41) is 26.6. The topological polar surface area (TPSA) is 91.1 Å². The first-order valence-corrected chi connectivity index (χ1v) is 7.66. The van der Waals surface area contributed by atoms with E-state index in [1.807, 2.05) is 18.2 Å². The standard InChI is InChI=1S/C17H19N3O3/c1-2-11-4-5-14-12(10-11)16-15(13(6-9-22)18-19-16)17(23)20(14)7-3-8-21/h4-6,9-10,21-22H,2-3,7-8H2,1H3,(H,18,19)/b9-6+. The fourth-order valence-corrected chi connectivity index (χ4v) is 2.89. The average Bonchev–Trinajstić information content (AvgIpc) is 2.99. The summed E-state index contributed by atoms with van der Waals surface area (Å²) in [6.45, 7) is 2.53. The number of nitrogens with zero attached hydrogens (tertiary/aromatic N) is 2. The van der Waals surface area contributed by atoms with Crippen LogP contribution in [0, 0.1) is 0 Å². The monoisotopic (exact) mass is 313 g/mol. The number of aromatic amines is 1. The molecule has 0 atom stereocenters. The van der Waals surface area contributed by atoms with E-state index in [9.17, 15) is 4.79 Å². The molecular formula is C17H19N3O3. The summed E-state index contributed by atoms with van der Waals surface area (Å²) in [4.78, 5) is 12.9. The van der Waals surface area contributed by atoms with Gasteiger partial charge in [0.25, 0.3) is 5.56 Å². The van der Waals surface area contributed by atoms with E-state index in [4.69, 9.17) is 10.2 Å². The fourth-order valence-electron chi connectivity index (χ4n) is 2.89. The summed E-state index contributed by atoms with van der Waals surface area (Å²) in [6, 6.07) is 5.98. The van der Waals surface area contributed by atoms with E-state index in [-0.39, 0.29) is 12.2 Å². The van der Waals surface area contributed by atoms with Crippen LogP contribution >= 0.6 is 0 Å². The number of pyridine rings is 1. The van der Waals surface area contributed by atoms with E-state index in [1.165, 1.54) is 6.08 Å². The highest BCUT2D eigenvalue weighted by molar-refractivity contribution is 6.05. The van der Waals surface area contributed by atoms with Gasteiger partial charge in [-0.15, -0.1) is 0 Å². The largest absolute Gasteiger partial charge is 0.516 e. The van der Waals surface area contributed by atoms with Crippen molar-refractivity contribution < 1.29 is 10.2 Å². The Hall–Kier alpha value is -2.60. The van der Waals surface area contributed by atoms with Crippen LogP contribution in [0.3, 0.4) is 0 Å². The van der Waals surface area contributed by atoms with Gasteiger partial charge in [0, 0.05) is 18.5 Å². The lowest BCUT2D eigenvalue weighted by Gasteiger charge is -2.11. The van der Waals surface area contributed by atoms with E-state index < -0.39 is 0 Å². The Labute approximate surface area is 132 Å². The second-order valence-electron chi connectivity index (χ2n) is 5.42. The highest BCUT2D eigenvalue weighted by atomic mass is 16.3. The maximum atomic E-state index is 12.9. The molecule has 0 fully saturated rings. The van der Waals surface area contributed by atoms with Crippen molar-refractivity contribution in [3.8, 4) is 0 Å². The maximum absolute atomic E-state index is 12.9. The molecule has 0 aliphatic heterocycles. The molecule has 0 amide bonds. The van der Waals surface area contributed by atoms with Gasteiger partial charge in [0.1, 0.15) is 5.52 Å². The Morgan fingerprint density at radius 3 is 2.91 bits per heavy atom. The van der Waals surface area contributed by atoms with E-state index >= 15 is 0 Å². The maximum Gasteiger partial charge on any atom is 0.262 e. The normalized spacial score (nSPS) is 11.9.